The second-order valence-corrected chi connectivity index (χ2v) is 16.5. The number of hydrogen-bond donors (Lipinski definition) is 12. The number of nitrogens with one attached hydrogen (secondary N) is 1. The maximum absolute atomic E-state index is 14.3. The van der Waals surface area contributed by atoms with E-state index >= 15 is 0 Å². The number of carbonyl (C=O) groups excluding carboxylic acids is 3. The molecule has 0 aromatic heterocycles. The molecule has 4 aromatic carbocycles. The van der Waals surface area contributed by atoms with Crippen molar-refractivity contribution in [3.05, 3.63) is 70.3 Å². The number of aromatic hydroxyl groups is 7. The molecule has 62 heavy (non-hydrogen) atoms. The van der Waals surface area contributed by atoms with Gasteiger partial charge in [-0.25, -0.2) is 0 Å². The number of amides is 3. The number of carbonyl (C=O) groups is 3. The highest BCUT2D eigenvalue weighted by atomic mass is 32.2. The summed E-state index contributed by atoms with van der Waals surface area (Å²) in [4.78, 5) is 41.2. The molecule has 2 unspecified atom stereocenters. The molecule has 5 rings (SSSR count). The van der Waals surface area contributed by atoms with Crippen molar-refractivity contribution in [3.63, 3.8) is 0 Å². The van der Waals surface area contributed by atoms with Gasteiger partial charge in [-0.15, -0.1) is 11.8 Å². The number of phenols is 7. The summed E-state index contributed by atoms with van der Waals surface area (Å²) in [6.07, 6.45) is -0.650. The first-order chi connectivity index (χ1) is 28.7. The van der Waals surface area contributed by atoms with Crippen LogP contribution < -0.4 is 36.3 Å². The Kier molecular flexibility index (Phi) is 13.0. The van der Waals surface area contributed by atoms with E-state index in [9.17, 15) is 65.4 Å². The van der Waals surface area contributed by atoms with Crippen molar-refractivity contribution in [2.24, 2.45) is 5.73 Å². The molecule has 0 spiro atoms. The summed E-state index contributed by atoms with van der Waals surface area (Å²) in [6, 6.07) is 9.64. The number of thioether (sulfide) groups is 1. The predicted octanol–water partition coefficient (Wildman–Crippen LogP) is -6.30. The highest BCUT2D eigenvalue weighted by Crippen LogP contribution is 2.53. The Morgan fingerprint density at radius 3 is 2.06 bits per heavy atom. The lowest BCUT2D eigenvalue weighted by atomic mass is 9.60. The fourth-order valence-corrected chi connectivity index (χ4v) is 8.08. The van der Waals surface area contributed by atoms with E-state index in [-0.39, 0.29) is 45.8 Å². The van der Waals surface area contributed by atoms with Gasteiger partial charge in [0.05, 0.1) is 28.5 Å². The van der Waals surface area contributed by atoms with Crippen LogP contribution in [0.1, 0.15) is 51.3 Å². The van der Waals surface area contributed by atoms with Crippen molar-refractivity contribution in [2.45, 2.75) is 40.7 Å². The fourth-order valence-electron chi connectivity index (χ4n) is 6.58. The molecule has 25 heteroatoms. The van der Waals surface area contributed by atoms with Crippen LogP contribution in [0.2, 0.25) is 0 Å². The first kappa shape index (κ1) is 46.7. The molecule has 4 atom stereocenters. The van der Waals surface area contributed by atoms with Crippen LogP contribution in [0, 0.1) is 11.8 Å². The minimum atomic E-state index is -2.41. The van der Waals surface area contributed by atoms with Crippen LogP contribution in [0.3, 0.4) is 0 Å². The van der Waals surface area contributed by atoms with Gasteiger partial charge in [0.1, 0.15) is 49.3 Å². The van der Waals surface area contributed by atoms with E-state index in [1.807, 2.05) is 0 Å². The molecule has 0 bridgehead atoms. The van der Waals surface area contributed by atoms with Crippen LogP contribution in [0.4, 0.5) is 5.69 Å². The maximum Gasteiger partial charge on any atom is 0.248 e. The molecule has 1 aliphatic rings. The first-order valence-corrected chi connectivity index (χ1v) is 19.8. The van der Waals surface area contributed by atoms with Gasteiger partial charge in [0.2, 0.25) is 23.5 Å². The van der Waals surface area contributed by atoms with Crippen molar-refractivity contribution < 1.29 is 74.9 Å². The molecule has 0 aliphatic carbocycles. The van der Waals surface area contributed by atoms with E-state index in [0.29, 0.717) is 0 Å². The second-order valence-electron chi connectivity index (χ2n) is 15.2. The average Bonchev–Trinajstić information content (AvgIpc) is 3.50. The molecule has 0 radical (unpaired) electrons. The maximum atomic E-state index is 14.3. The number of rotatable bonds is 12. The Morgan fingerprint density at radius 2 is 1.45 bits per heavy atom. The number of benzene rings is 4. The molecule has 18 nitrogen and oxygen atoms in total. The van der Waals surface area contributed by atoms with Gasteiger partial charge < -0.3 is 71.6 Å². The number of phenolic OH excluding ortho intramolecular Hbond substituents is 7. The predicted molar refractivity (Wildman–Crippen MR) is 242 cm³/mol. The number of primary amides is 1. The van der Waals surface area contributed by atoms with Crippen LogP contribution in [0.25, 0.3) is 0 Å². The average molecular weight is 865 g/mol. The van der Waals surface area contributed by atoms with E-state index in [2.05, 4.69) is 17.2 Å². The van der Waals surface area contributed by atoms with Gasteiger partial charge in [-0.3, -0.25) is 19.3 Å². The third-order valence-electron chi connectivity index (χ3n) is 10.2. The quantitative estimate of drug-likeness (QED) is 0.0207. The minimum absolute atomic E-state index is 0.0224. The Morgan fingerprint density at radius 1 is 0.823 bits per heavy atom. The van der Waals surface area contributed by atoms with Crippen LogP contribution in [0.5, 0.6) is 51.7 Å². The number of hydrogen-bond acceptors (Lipinski definition) is 16. The van der Waals surface area contributed by atoms with Crippen molar-refractivity contribution >= 4 is 93.2 Å². The Hall–Kier alpha value is -6.33. The van der Waals surface area contributed by atoms with Crippen molar-refractivity contribution in [3.8, 4) is 63.6 Å². The molecule has 1 saturated heterocycles. The zero-order valence-electron chi connectivity index (χ0n) is 34.6. The molecule has 13 N–H and O–H groups in total. The lowest BCUT2D eigenvalue weighted by Crippen LogP contribution is -2.64. The molecular weight excluding hydrogens is 823 g/mol. The van der Waals surface area contributed by atoms with Gasteiger partial charge in [0, 0.05) is 17.7 Å². The highest BCUT2D eigenvalue weighted by molar-refractivity contribution is 8.01. The van der Waals surface area contributed by atoms with E-state index in [4.69, 9.17) is 15.2 Å². The summed E-state index contributed by atoms with van der Waals surface area (Å²) in [7, 11) is 7.68. The summed E-state index contributed by atoms with van der Waals surface area (Å²) in [5.41, 5.74) is -2.37. The van der Waals surface area contributed by atoms with E-state index in [1.54, 1.807) is 6.92 Å². The van der Waals surface area contributed by atoms with E-state index < -0.39 is 108 Å². The normalized spacial score (nSPS) is 17.0. The third-order valence-corrected chi connectivity index (χ3v) is 11.6. The standard InChI is InChI=1S/C37H41B6N3O15S/c1-2-60-19-11-14(6-9-18(19)61-37(42,43)59)35(40,57)36(41,58)45-21(47)12-20-33(56)46(15-5-3-4-13(10-15)32(44)55)34(62-20)22-28(51)23(38)16(26(49)29(22)52)7-8-17-25(48)24(39)30(53)31(54)27(17)50/h3-6,9-11,20,34,48-54,57-59H,2,12,38-43H2,1H3,(H2,44,55)(H,45,47)/t20-,34+,35?,36?/m1/s1. The number of nitrogens with zero attached hydrogens (tertiary/aromatic N) is 1. The second kappa shape index (κ2) is 17.2. The van der Waals surface area contributed by atoms with Crippen LogP contribution >= 0.6 is 11.8 Å². The summed E-state index contributed by atoms with van der Waals surface area (Å²) in [5.74, 6) is -3.55. The van der Waals surface area contributed by atoms with Crippen molar-refractivity contribution in [2.75, 3.05) is 11.5 Å². The lowest BCUT2D eigenvalue weighted by Gasteiger charge is -2.40. The summed E-state index contributed by atoms with van der Waals surface area (Å²) < 4.78 is 11.2. The zero-order chi connectivity index (χ0) is 46.4. The third kappa shape index (κ3) is 8.85. The molecule has 3 amide bonds. The molecule has 4 aromatic rings. The first-order valence-electron chi connectivity index (χ1n) is 18.8. The van der Waals surface area contributed by atoms with Gasteiger partial charge in [0.15, 0.2) is 65.9 Å². The Labute approximate surface area is 364 Å². The van der Waals surface area contributed by atoms with Crippen molar-refractivity contribution in [1.29, 1.82) is 0 Å². The van der Waals surface area contributed by atoms with E-state index in [0.717, 1.165) is 24.5 Å². The van der Waals surface area contributed by atoms with Gasteiger partial charge in [0.25, 0.3) is 0 Å². The van der Waals surface area contributed by atoms with Crippen LogP contribution in [0.15, 0.2) is 42.5 Å². The lowest BCUT2D eigenvalue weighted by molar-refractivity contribution is -0.134. The number of nitrogens with two attached hydrogens (primary N) is 1. The topological polar surface area (TPSA) is 313 Å². The monoisotopic (exact) mass is 865 g/mol. The van der Waals surface area contributed by atoms with Crippen LogP contribution in [-0.2, 0) is 15.1 Å². The SMILES string of the molecule is Bc1c(O)c(O)c(O)c(C#Cc2c(B)c(O)c([C@@H]3S[C@H](CC(=O)NC(B)(O)C(B)(O)c4ccc(OC(B)(B)O)c(OCC)c4)C(=O)N3c3cccc(C(N)=O)c3)c(O)c2O)c1O. The molecular formula is C37H41B6N3O15S. The van der Waals surface area contributed by atoms with Gasteiger partial charge >= 0.3 is 0 Å². The molecule has 318 valence electrons. The summed E-state index contributed by atoms with van der Waals surface area (Å²) in [6.45, 7) is 1.87. The Balaban J connectivity index is 1.52. The smallest absolute Gasteiger partial charge is 0.248 e. The van der Waals surface area contributed by atoms with Gasteiger partial charge in [-0.05, 0) is 53.7 Å². The molecule has 1 aliphatic heterocycles. The minimum Gasteiger partial charge on any atom is -0.508 e. The number of aliphatic hydroxyl groups is 3. The number of anilines is 1. The highest BCUT2D eigenvalue weighted by Gasteiger charge is 2.48. The molecule has 0 saturated carbocycles. The van der Waals surface area contributed by atoms with Gasteiger partial charge in [-0.1, -0.05) is 24.0 Å². The van der Waals surface area contributed by atoms with Crippen molar-refractivity contribution in [1.82, 2.24) is 5.32 Å². The number of ether oxygens (including phenoxy) is 2. The zero-order valence-corrected chi connectivity index (χ0v) is 35.4. The summed E-state index contributed by atoms with van der Waals surface area (Å²) >= 11 is 0.751. The summed E-state index contributed by atoms with van der Waals surface area (Å²) in [5, 5.41) is 108. The Bertz CT molecular complexity index is 2510. The van der Waals surface area contributed by atoms with Gasteiger partial charge in [-0.2, -0.15) is 0 Å². The largest absolute Gasteiger partial charge is 0.508 e. The van der Waals surface area contributed by atoms with E-state index in [1.165, 1.54) is 81.7 Å². The van der Waals surface area contributed by atoms with Crippen LogP contribution in [-0.4, -0.2) is 139 Å². The fraction of sp³-hybridized carbons (Fsp3) is 0.216. The molecule has 1 heterocycles. The molecule has 1 fully saturated rings.